The summed E-state index contributed by atoms with van der Waals surface area (Å²) in [5, 5.41) is 16.8. The Balaban J connectivity index is 1.77. The molecule has 5 nitrogen and oxygen atoms in total. The van der Waals surface area contributed by atoms with Crippen molar-refractivity contribution in [2.75, 3.05) is 5.32 Å². The van der Waals surface area contributed by atoms with E-state index in [4.69, 9.17) is 0 Å². The number of nitrogens with one attached hydrogen (secondary N) is 1. The lowest BCUT2D eigenvalue weighted by Gasteiger charge is -2.40. The van der Waals surface area contributed by atoms with Gasteiger partial charge in [-0.2, -0.15) is 4.68 Å². The van der Waals surface area contributed by atoms with E-state index in [1.54, 1.807) is 0 Å². The Kier molecular flexibility index (Phi) is 4.92. The molecule has 5 heteroatoms. The Bertz CT molecular complexity index is 949. The molecule has 4 rings (SSSR count). The van der Waals surface area contributed by atoms with E-state index in [0.717, 1.165) is 30.3 Å². The molecular formula is C23H29N5. The van der Waals surface area contributed by atoms with E-state index in [9.17, 15) is 0 Å². The van der Waals surface area contributed by atoms with Crippen molar-refractivity contribution in [3.8, 4) is 5.69 Å². The van der Waals surface area contributed by atoms with Crippen LogP contribution >= 0.6 is 0 Å². The molecule has 1 heterocycles. The normalized spacial score (nSPS) is 22.2. The smallest absolute Gasteiger partial charge is 0.181 e. The molecule has 1 aliphatic rings. The first-order valence-electron chi connectivity index (χ1n) is 10.2. The molecule has 1 fully saturated rings. The molecule has 3 aromatic rings. The molecule has 0 saturated heterocycles. The summed E-state index contributed by atoms with van der Waals surface area (Å²) < 4.78 is 1.91. The van der Waals surface area contributed by atoms with Gasteiger partial charge in [-0.3, -0.25) is 0 Å². The van der Waals surface area contributed by atoms with E-state index >= 15 is 0 Å². The van der Waals surface area contributed by atoms with Gasteiger partial charge in [0, 0.05) is 5.69 Å². The molecule has 146 valence electrons. The van der Waals surface area contributed by atoms with Gasteiger partial charge in [0.25, 0.3) is 0 Å². The standard InChI is InChI=1S/C23H29N5/c1-16-5-8-20(9-6-16)28-22(25-26-27-28)23(13-11-17(2)12-14-23)24-21-10-7-18(3)15-19(21)4/h5-10,15,17,24H,11-14H2,1-4H3. The Labute approximate surface area is 167 Å². The third-order valence-electron chi connectivity index (χ3n) is 6.06. The zero-order chi connectivity index (χ0) is 19.7. The summed E-state index contributed by atoms with van der Waals surface area (Å²) in [4.78, 5) is 0. The van der Waals surface area contributed by atoms with Gasteiger partial charge < -0.3 is 5.32 Å². The zero-order valence-electron chi connectivity index (χ0n) is 17.2. The lowest BCUT2D eigenvalue weighted by Crippen LogP contribution is -2.41. The van der Waals surface area contributed by atoms with Crippen LogP contribution in [-0.4, -0.2) is 20.2 Å². The number of aromatic nitrogens is 4. The molecule has 0 unspecified atom stereocenters. The third kappa shape index (κ3) is 3.53. The van der Waals surface area contributed by atoms with Gasteiger partial charge in [-0.25, -0.2) is 0 Å². The first kappa shape index (κ1) is 18.7. The summed E-state index contributed by atoms with van der Waals surface area (Å²) in [5.74, 6) is 1.64. The molecule has 28 heavy (non-hydrogen) atoms. The minimum atomic E-state index is -0.263. The minimum Gasteiger partial charge on any atom is -0.372 e. The van der Waals surface area contributed by atoms with Crippen LogP contribution in [0.1, 0.15) is 55.1 Å². The van der Waals surface area contributed by atoms with Crippen LogP contribution < -0.4 is 5.32 Å². The van der Waals surface area contributed by atoms with Crippen LogP contribution in [0.25, 0.3) is 5.69 Å². The number of aryl methyl sites for hydroxylation is 3. The van der Waals surface area contributed by atoms with E-state index in [-0.39, 0.29) is 5.54 Å². The summed E-state index contributed by atoms with van der Waals surface area (Å²) >= 11 is 0. The molecule has 1 aliphatic carbocycles. The van der Waals surface area contributed by atoms with Crippen LogP contribution in [0.15, 0.2) is 42.5 Å². The summed E-state index contributed by atoms with van der Waals surface area (Å²) in [5.41, 5.74) is 5.67. The Morgan fingerprint density at radius 3 is 2.32 bits per heavy atom. The first-order chi connectivity index (χ1) is 13.5. The number of hydrogen-bond acceptors (Lipinski definition) is 4. The highest BCUT2D eigenvalue weighted by Gasteiger charge is 2.41. The molecule has 0 spiro atoms. The summed E-state index contributed by atoms with van der Waals surface area (Å²) in [6.45, 7) is 8.73. The monoisotopic (exact) mass is 375 g/mol. The van der Waals surface area contributed by atoms with Crippen molar-refractivity contribution in [2.24, 2.45) is 5.92 Å². The van der Waals surface area contributed by atoms with E-state index < -0.39 is 0 Å². The number of hydrogen-bond donors (Lipinski definition) is 1. The van der Waals surface area contributed by atoms with Crippen LogP contribution in [0, 0.1) is 26.7 Å². The minimum absolute atomic E-state index is 0.263. The summed E-state index contributed by atoms with van der Waals surface area (Å²) in [7, 11) is 0. The number of tetrazole rings is 1. The van der Waals surface area contributed by atoms with Crippen LogP contribution in [-0.2, 0) is 5.54 Å². The highest BCUT2D eigenvalue weighted by atomic mass is 15.6. The second-order valence-electron chi connectivity index (χ2n) is 8.46. The Morgan fingerprint density at radius 1 is 0.964 bits per heavy atom. The molecule has 0 radical (unpaired) electrons. The summed E-state index contributed by atoms with van der Waals surface area (Å²) in [6, 6.07) is 15.0. The lowest BCUT2D eigenvalue weighted by molar-refractivity contribution is 0.255. The largest absolute Gasteiger partial charge is 0.372 e. The SMILES string of the molecule is Cc1ccc(-n2nnnc2C2(Nc3ccc(C)cc3C)CCC(C)CC2)cc1. The van der Waals surface area contributed by atoms with Crippen LogP contribution in [0.2, 0.25) is 0 Å². The molecular weight excluding hydrogens is 346 g/mol. The highest BCUT2D eigenvalue weighted by molar-refractivity contribution is 5.54. The second kappa shape index (κ2) is 7.38. The van der Waals surface area contributed by atoms with Gasteiger partial charge >= 0.3 is 0 Å². The number of benzene rings is 2. The van der Waals surface area contributed by atoms with Crippen molar-refractivity contribution >= 4 is 5.69 Å². The molecule has 1 aromatic heterocycles. The molecule has 1 saturated carbocycles. The van der Waals surface area contributed by atoms with Gasteiger partial charge in [-0.15, -0.1) is 5.10 Å². The van der Waals surface area contributed by atoms with E-state index in [1.807, 2.05) is 4.68 Å². The molecule has 1 N–H and O–H groups in total. The van der Waals surface area contributed by atoms with Gasteiger partial charge in [0.15, 0.2) is 5.82 Å². The average Bonchev–Trinajstić information content (AvgIpc) is 3.17. The fraction of sp³-hybridized carbons (Fsp3) is 0.435. The number of anilines is 1. The molecule has 0 atom stereocenters. The fourth-order valence-electron chi connectivity index (χ4n) is 4.22. The average molecular weight is 376 g/mol. The molecule has 0 amide bonds. The van der Waals surface area contributed by atoms with Crippen molar-refractivity contribution in [1.29, 1.82) is 0 Å². The number of nitrogens with zero attached hydrogens (tertiary/aromatic N) is 4. The quantitative estimate of drug-likeness (QED) is 0.689. The van der Waals surface area contributed by atoms with Crippen molar-refractivity contribution in [1.82, 2.24) is 20.2 Å². The maximum Gasteiger partial charge on any atom is 0.181 e. The van der Waals surface area contributed by atoms with Gasteiger partial charge in [0.05, 0.1) is 11.2 Å². The molecule has 2 aromatic carbocycles. The second-order valence-corrected chi connectivity index (χ2v) is 8.46. The predicted molar refractivity (Wildman–Crippen MR) is 113 cm³/mol. The zero-order valence-corrected chi connectivity index (χ0v) is 17.2. The maximum absolute atomic E-state index is 4.52. The van der Waals surface area contributed by atoms with E-state index in [0.29, 0.717) is 0 Å². The van der Waals surface area contributed by atoms with Crippen molar-refractivity contribution in [2.45, 2.75) is 58.9 Å². The van der Waals surface area contributed by atoms with Crippen LogP contribution in [0.3, 0.4) is 0 Å². The topological polar surface area (TPSA) is 55.6 Å². The van der Waals surface area contributed by atoms with Crippen LogP contribution in [0.5, 0.6) is 0 Å². The lowest BCUT2D eigenvalue weighted by atomic mass is 9.76. The number of rotatable bonds is 4. The summed E-state index contributed by atoms with van der Waals surface area (Å²) in [6.07, 6.45) is 4.37. The highest BCUT2D eigenvalue weighted by Crippen LogP contribution is 2.42. The van der Waals surface area contributed by atoms with Crippen molar-refractivity contribution in [3.05, 3.63) is 65.0 Å². The van der Waals surface area contributed by atoms with Gasteiger partial charge in [-0.1, -0.05) is 42.3 Å². The fourth-order valence-corrected chi connectivity index (χ4v) is 4.22. The van der Waals surface area contributed by atoms with Crippen molar-refractivity contribution < 1.29 is 0 Å². The van der Waals surface area contributed by atoms with Gasteiger partial charge in [0.1, 0.15) is 0 Å². The van der Waals surface area contributed by atoms with E-state index in [2.05, 4.69) is 91.0 Å². The Hall–Kier alpha value is -2.69. The predicted octanol–water partition coefficient (Wildman–Crippen LogP) is 5.11. The molecule has 0 aliphatic heterocycles. The van der Waals surface area contributed by atoms with Gasteiger partial charge in [-0.05, 0) is 86.6 Å². The molecule has 0 bridgehead atoms. The maximum atomic E-state index is 4.52. The van der Waals surface area contributed by atoms with E-state index in [1.165, 1.54) is 35.2 Å². The Morgan fingerprint density at radius 2 is 1.64 bits per heavy atom. The van der Waals surface area contributed by atoms with Crippen molar-refractivity contribution in [3.63, 3.8) is 0 Å². The first-order valence-corrected chi connectivity index (χ1v) is 10.2. The third-order valence-corrected chi connectivity index (χ3v) is 6.06. The van der Waals surface area contributed by atoms with Crippen LogP contribution in [0.4, 0.5) is 5.69 Å². The van der Waals surface area contributed by atoms with Gasteiger partial charge in [0.2, 0.25) is 0 Å².